The van der Waals surface area contributed by atoms with E-state index in [0.717, 1.165) is 36.7 Å². The normalized spacial score (nSPS) is 18.6. The van der Waals surface area contributed by atoms with Gasteiger partial charge in [0, 0.05) is 37.1 Å². The van der Waals surface area contributed by atoms with Crippen LogP contribution in [0.3, 0.4) is 0 Å². The summed E-state index contributed by atoms with van der Waals surface area (Å²) >= 11 is 0. The van der Waals surface area contributed by atoms with Gasteiger partial charge in [0.1, 0.15) is 0 Å². The third kappa shape index (κ3) is 3.41. The van der Waals surface area contributed by atoms with Crippen molar-refractivity contribution in [3.8, 4) is 0 Å². The van der Waals surface area contributed by atoms with Gasteiger partial charge in [-0.15, -0.1) is 0 Å². The predicted octanol–water partition coefficient (Wildman–Crippen LogP) is 2.32. The van der Waals surface area contributed by atoms with Crippen LogP contribution in [0.2, 0.25) is 0 Å². The van der Waals surface area contributed by atoms with Gasteiger partial charge in [0.25, 0.3) is 11.6 Å². The van der Waals surface area contributed by atoms with Gasteiger partial charge < -0.3 is 4.90 Å². The molecule has 0 aromatic heterocycles. The van der Waals surface area contributed by atoms with E-state index in [0.29, 0.717) is 16.8 Å². The highest BCUT2D eigenvalue weighted by Crippen LogP contribution is 2.33. The van der Waals surface area contributed by atoms with Crippen molar-refractivity contribution in [2.45, 2.75) is 19.8 Å². The van der Waals surface area contributed by atoms with Crippen LogP contribution in [0.4, 0.5) is 11.4 Å². The highest BCUT2D eigenvalue weighted by molar-refractivity contribution is 7.97. The molecule has 9 heteroatoms. The summed E-state index contributed by atoms with van der Waals surface area (Å²) in [6.45, 7) is 3.02. The quantitative estimate of drug-likeness (QED) is 0.603. The number of benzene rings is 1. The van der Waals surface area contributed by atoms with E-state index in [9.17, 15) is 23.3 Å². The Morgan fingerprint density at radius 2 is 1.76 bits per heavy atom. The lowest BCUT2D eigenvalue weighted by Crippen LogP contribution is -2.27. The zero-order valence-electron chi connectivity index (χ0n) is 13.6. The predicted molar refractivity (Wildman–Crippen MR) is 92.6 cm³/mol. The van der Waals surface area contributed by atoms with Gasteiger partial charge in [-0.1, -0.05) is 0 Å². The van der Waals surface area contributed by atoms with Crippen LogP contribution in [0.25, 0.3) is 0 Å². The zero-order valence-corrected chi connectivity index (χ0v) is 14.4. The van der Waals surface area contributed by atoms with Gasteiger partial charge in [0.15, 0.2) is 9.84 Å². The van der Waals surface area contributed by atoms with E-state index >= 15 is 0 Å². The van der Waals surface area contributed by atoms with Crippen LogP contribution >= 0.6 is 0 Å². The van der Waals surface area contributed by atoms with E-state index in [-0.39, 0.29) is 5.69 Å². The first-order valence-corrected chi connectivity index (χ1v) is 9.37. The standard InChI is InChI=1S/C16H17N3O5S/c1-12-10-13(16(20)18-6-8-25(23,24)9-7-18)15(11-14(12)19(21)22)17-4-2-3-5-17/h6-11H,2-5H2,1H3. The zero-order chi connectivity index (χ0) is 18.2. The second kappa shape index (κ2) is 6.32. The summed E-state index contributed by atoms with van der Waals surface area (Å²) in [5, 5.41) is 13.1. The van der Waals surface area contributed by atoms with Crippen molar-refractivity contribution in [1.82, 2.24) is 4.90 Å². The monoisotopic (exact) mass is 363 g/mol. The van der Waals surface area contributed by atoms with Crippen molar-refractivity contribution in [1.29, 1.82) is 0 Å². The summed E-state index contributed by atoms with van der Waals surface area (Å²) in [4.78, 5) is 26.8. The average Bonchev–Trinajstić information content (AvgIpc) is 3.08. The fourth-order valence-corrected chi connectivity index (χ4v) is 3.64. The number of nitrogens with zero attached hydrogens (tertiary/aromatic N) is 3. The molecule has 1 aromatic rings. The van der Waals surface area contributed by atoms with E-state index in [2.05, 4.69) is 0 Å². The van der Waals surface area contributed by atoms with Crippen LogP contribution < -0.4 is 4.90 Å². The van der Waals surface area contributed by atoms with Gasteiger partial charge in [-0.25, -0.2) is 8.42 Å². The molecule has 132 valence electrons. The Balaban J connectivity index is 2.05. The highest BCUT2D eigenvalue weighted by Gasteiger charge is 2.27. The third-order valence-corrected chi connectivity index (χ3v) is 5.25. The number of sulfone groups is 1. The molecule has 2 aliphatic heterocycles. The fourth-order valence-electron chi connectivity index (χ4n) is 2.94. The Labute approximate surface area is 145 Å². The van der Waals surface area contributed by atoms with Crippen LogP contribution in [0, 0.1) is 17.0 Å². The molecule has 3 rings (SSSR count). The molecule has 0 radical (unpaired) electrons. The van der Waals surface area contributed by atoms with Crippen molar-refractivity contribution >= 4 is 27.1 Å². The number of carbonyl (C=O) groups is 1. The van der Waals surface area contributed by atoms with Crippen molar-refractivity contribution in [3.05, 3.63) is 56.6 Å². The molecule has 1 fully saturated rings. The van der Waals surface area contributed by atoms with E-state index in [1.165, 1.54) is 29.4 Å². The van der Waals surface area contributed by atoms with Crippen molar-refractivity contribution in [2.24, 2.45) is 0 Å². The van der Waals surface area contributed by atoms with Crippen LogP contribution in [-0.2, 0) is 9.84 Å². The first-order valence-electron chi connectivity index (χ1n) is 7.77. The SMILES string of the molecule is Cc1cc(C(=O)N2C=CS(=O)(=O)C=C2)c(N2CCCC2)cc1[N+](=O)[O-]. The summed E-state index contributed by atoms with van der Waals surface area (Å²) in [6.07, 6.45) is 4.28. The van der Waals surface area contributed by atoms with Gasteiger partial charge in [-0.05, 0) is 25.8 Å². The summed E-state index contributed by atoms with van der Waals surface area (Å²) in [6, 6.07) is 2.93. The average molecular weight is 363 g/mol. The topological polar surface area (TPSA) is 101 Å². The molecule has 0 bridgehead atoms. The molecular weight excluding hydrogens is 346 g/mol. The number of nitro benzene ring substituents is 1. The third-order valence-electron chi connectivity index (χ3n) is 4.24. The van der Waals surface area contributed by atoms with Gasteiger partial charge in [-0.3, -0.25) is 19.8 Å². The largest absolute Gasteiger partial charge is 0.371 e. The maximum Gasteiger partial charge on any atom is 0.274 e. The van der Waals surface area contributed by atoms with Crippen LogP contribution in [0.5, 0.6) is 0 Å². The van der Waals surface area contributed by atoms with Gasteiger partial charge in [0.2, 0.25) is 0 Å². The molecule has 25 heavy (non-hydrogen) atoms. The van der Waals surface area contributed by atoms with Crippen molar-refractivity contribution in [2.75, 3.05) is 18.0 Å². The number of rotatable bonds is 3. The van der Waals surface area contributed by atoms with E-state index < -0.39 is 20.7 Å². The molecule has 1 amide bonds. The van der Waals surface area contributed by atoms with E-state index in [4.69, 9.17) is 0 Å². The molecule has 0 atom stereocenters. The van der Waals surface area contributed by atoms with E-state index in [1.807, 2.05) is 4.90 Å². The molecule has 2 heterocycles. The minimum Gasteiger partial charge on any atom is -0.371 e. The minimum absolute atomic E-state index is 0.0363. The molecule has 1 saturated heterocycles. The summed E-state index contributed by atoms with van der Waals surface area (Å²) < 4.78 is 22.8. The Morgan fingerprint density at radius 1 is 1.16 bits per heavy atom. The Bertz CT molecular complexity index is 879. The number of hydrogen-bond donors (Lipinski definition) is 0. The fraction of sp³-hybridized carbons (Fsp3) is 0.312. The molecule has 0 unspecified atom stereocenters. The van der Waals surface area contributed by atoms with E-state index in [1.54, 1.807) is 6.92 Å². The Morgan fingerprint density at radius 3 is 2.32 bits per heavy atom. The molecule has 0 N–H and O–H groups in total. The Kier molecular flexibility index (Phi) is 4.34. The number of nitro groups is 1. The lowest BCUT2D eigenvalue weighted by molar-refractivity contribution is -0.385. The first-order chi connectivity index (χ1) is 11.8. The maximum absolute atomic E-state index is 12.9. The Hall–Kier alpha value is -2.68. The lowest BCUT2D eigenvalue weighted by atomic mass is 10.0. The van der Waals surface area contributed by atoms with Crippen LogP contribution in [0.1, 0.15) is 28.8 Å². The molecule has 0 saturated carbocycles. The summed E-state index contributed by atoms with van der Waals surface area (Å²) in [5.74, 6) is -0.428. The second-order valence-corrected chi connectivity index (χ2v) is 7.70. The van der Waals surface area contributed by atoms with Crippen LogP contribution in [0.15, 0.2) is 35.3 Å². The number of anilines is 1. The molecule has 0 spiro atoms. The lowest BCUT2D eigenvalue weighted by Gasteiger charge is -2.24. The number of amides is 1. The van der Waals surface area contributed by atoms with Crippen molar-refractivity contribution < 1.29 is 18.1 Å². The molecule has 1 aromatic carbocycles. The summed E-state index contributed by atoms with van der Waals surface area (Å²) in [7, 11) is -3.44. The van der Waals surface area contributed by atoms with Gasteiger partial charge >= 0.3 is 0 Å². The summed E-state index contributed by atoms with van der Waals surface area (Å²) in [5.41, 5.74) is 1.17. The van der Waals surface area contributed by atoms with Gasteiger partial charge in [0.05, 0.1) is 27.0 Å². The molecule has 8 nitrogen and oxygen atoms in total. The minimum atomic E-state index is -3.44. The number of carbonyl (C=O) groups excluding carboxylic acids is 1. The molecule has 0 aliphatic carbocycles. The number of hydrogen-bond acceptors (Lipinski definition) is 6. The van der Waals surface area contributed by atoms with Crippen molar-refractivity contribution in [3.63, 3.8) is 0 Å². The molecule has 2 aliphatic rings. The second-order valence-electron chi connectivity index (χ2n) is 5.98. The smallest absolute Gasteiger partial charge is 0.274 e. The maximum atomic E-state index is 12.9. The number of aryl methyl sites for hydroxylation is 1. The highest BCUT2D eigenvalue weighted by atomic mass is 32.2. The molecular formula is C16H17N3O5S. The van der Waals surface area contributed by atoms with Gasteiger partial charge in [-0.2, -0.15) is 0 Å². The van der Waals surface area contributed by atoms with Crippen LogP contribution in [-0.4, -0.2) is 37.2 Å². The first kappa shape index (κ1) is 17.2.